The van der Waals surface area contributed by atoms with E-state index in [0.29, 0.717) is 134 Å². The van der Waals surface area contributed by atoms with Gasteiger partial charge < -0.3 is 107 Å². The molecule has 0 radical (unpaired) electrons. The SMILES string of the molecule is CN[C@@H]1C[C@H](O)CC12CCN(c1cnc(Sc3ccccc3C(F)(F)F)c(N)n1)CC2.NC1=NC(=O)CC12CCN(c1cnc(Sc3cccnc3C(F)(F)F)c(N)n1)CC2.Nc1cc(Sc2ncc(N3CCC4(CCC[C@H]4N)CC3)nc2N)c(Cl)cn1.Nc1nc(N2CCC3(CC2)COC[C@H]3N)cnc1Sc1ccnc(N)c1Cl.Nc1nc(N2CCC3(CC2)COC[C@H]3N)cnc1Sc1ccnnc1Cl. The molecule has 2 saturated carbocycles. The van der Waals surface area contributed by atoms with Gasteiger partial charge in [0.15, 0.2) is 39.9 Å². The van der Waals surface area contributed by atoms with Crippen LogP contribution in [0.15, 0.2) is 165 Å². The lowest BCUT2D eigenvalue weighted by Crippen LogP contribution is -2.49. The number of pyridine rings is 3. The van der Waals surface area contributed by atoms with E-state index in [1.807, 2.05) is 11.9 Å². The number of aromatic nitrogens is 15. The molecule has 2 aliphatic carbocycles. The minimum atomic E-state index is -4.58. The number of piperidine rings is 5. The van der Waals surface area contributed by atoms with Crippen molar-refractivity contribution in [1.82, 2.24) is 80.3 Å². The largest absolute Gasteiger partial charge is 0.434 e. The van der Waals surface area contributed by atoms with Crippen LogP contribution in [0.3, 0.4) is 0 Å². The number of hydrogen-bond donors (Lipinski definition) is 13. The number of aliphatic hydroxyl groups excluding tert-OH is 1. The zero-order valence-electron chi connectivity index (χ0n) is 76.8. The molecule has 37 nitrogen and oxygen atoms in total. The lowest BCUT2D eigenvalue weighted by Gasteiger charge is -2.43. The molecule has 1 aromatic carbocycles. The van der Waals surface area contributed by atoms with Crippen molar-refractivity contribution in [2.45, 2.75) is 195 Å². The van der Waals surface area contributed by atoms with E-state index in [9.17, 15) is 36.2 Å². The molecule has 7 saturated heterocycles. The summed E-state index contributed by atoms with van der Waals surface area (Å²) >= 11 is 24.0. The molecule has 9 aromatic heterocycles. The maximum atomic E-state index is 13.3. The monoisotopic (exact) mass is 2100 g/mol. The number of aliphatic imine (C=N–C) groups is 1. The molecule has 9 fully saturated rings. The van der Waals surface area contributed by atoms with Gasteiger partial charge in [-0.25, -0.2) is 64.8 Å². The Bertz CT molecular complexity index is 6040. The van der Waals surface area contributed by atoms with E-state index in [0.717, 1.165) is 204 Å². The molecule has 10 aliphatic rings. The van der Waals surface area contributed by atoms with Crippen molar-refractivity contribution >= 4 is 175 Å². The Kier molecular flexibility index (Phi) is 32.5. The number of ether oxygens (including phenoxy) is 2. The number of nitrogen functional groups attached to an aromatic ring is 7. The second-order valence-corrected chi connectivity index (χ2v) is 42.9. The fourth-order valence-electron chi connectivity index (χ4n) is 19.8. The van der Waals surface area contributed by atoms with Gasteiger partial charge in [0.05, 0.1) is 90.2 Å². The van der Waals surface area contributed by atoms with Crippen LogP contribution in [-0.2, 0) is 26.6 Å². The summed E-state index contributed by atoms with van der Waals surface area (Å²) in [6, 6.07) is 14.2. The van der Waals surface area contributed by atoms with Gasteiger partial charge in [0.1, 0.15) is 71.7 Å². The van der Waals surface area contributed by atoms with Crippen molar-refractivity contribution in [3.05, 3.63) is 137 Å². The first kappa shape index (κ1) is 104. The highest BCUT2D eigenvalue weighted by molar-refractivity contribution is 8.00. The Balaban J connectivity index is 0.000000127. The summed E-state index contributed by atoms with van der Waals surface area (Å²) in [7, 11) is 1.94. The Morgan fingerprint density at radius 2 is 0.894 bits per heavy atom. The van der Waals surface area contributed by atoms with E-state index in [1.54, 1.807) is 61.4 Å². The summed E-state index contributed by atoms with van der Waals surface area (Å²) in [5, 5.41) is 24.5. The van der Waals surface area contributed by atoms with Crippen LogP contribution in [0.4, 0.5) is 96.2 Å². The lowest BCUT2D eigenvalue weighted by molar-refractivity contribution is -0.143. The number of nitrogens with one attached hydrogen (secondary N) is 1. The highest BCUT2D eigenvalue weighted by Crippen LogP contribution is 2.52. The average molecular weight is 2100 g/mol. The zero-order valence-corrected chi connectivity index (χ0v) is 83.2. The van der Waals surface area contributed by atoms with Crippen LogP contribution in [0.25, 0.3) is 0 Å². The Morgan fingerprint density at radius 3 is 1.32 bits per heavy atom. The summed E-state index contributed by atoms with van der Waals surface area (Å²) in [4.78, 5) is 84.1. The number of hydrogen-bond acceptors (Lipinski definition) is 41. The normalized spacial score (nSPS) is 21.5. The average Bonchev–Trinajstić information content (AvgIpc) is 1.58. The van der Waals surface area contributed by atoms with E-state index in [-0.39, 0.29) is 77.6 Å². The van der Waals surface area contributed by atoms with E-state index in [1.165, 1.54) is 84.8 Å². The number of nitrogens with zero attached hydrogens (tertiary/aromatic N) is 21. The number of nitrogens with two attached hydrogens (primary N) is 11. The highest BCUT2D eigenvalue weighted by Gasteiger charge is 2.51. The van der Waals surface area contributed by atoms with Gasteiger partial charge in [0.2, 0.25) is 5.91 Å². The minimum Gasteiger partial charge on any atom is -0.393 e. The Labute approximate surface area is 845 Å². The van der Waals surface area contributed by atoms with Gasteiger partial charge in [-0.3, -0.25) is 9.78 Å². The third-order valence-electron chi connectivity index (χ3n) is 28.2. The number of aliphatic hydroxyl groups is 1. The number of benzene rings is 1. The van der Waals surface area contributed by atoms with Crippen LogP contribution >= 0.6 is 93.6 Å². The number of rotatable bonds is 16. The molecule has 20 rings (SSSR count). The first-order valence-corrected chi connectivity index (χ1v) is 51.0. The van der Waals surface area contributed by atoms with Crippen molar-refractivity contribution in [1.29, 1.82) is 0 Å². The standard InChI is InChI=1S/C21H26F3N5OS.C18H24ClN7S.C18H18F3N7OS.C17H22ClN7OS.C16H20ClN7OS/c1-26-16-10-13(30)11-20(16)6-8-29(9-7-20)17-12-27-19(18(25)28-17)31-15-5-3-2-4-14(15)21(22,23)24;19-11-9-23-14(21)8-12(11)27-17-16(22)25-15(10-24-17)26-6-4-18(5-7-26)3-1-2-13(18)20;19-18(20,21)13-10(2-1-5-24-13)30-15-14(22)26-11(9-25-15)28-6-3-17(4-7-28)8-12(29)27-16(17)23;18-13-10(1-4-22-14(13)20)27-16-15(21)24-12(7-23-16)25-5-2-17(3-6-25)9-26-8-11(17)19;17-13-10(1-4-21-23-13)26-15-14(19)22-12(7-20-15)24-5-2-16(3-6-24)9-25-8-11(16)18/h2-5,12-13,16,26,30H,6-11H2,1H3,(H2,25,28);8-10,13H,1-7,20H2,(H2,21,23)(H2,22,25);1-2,5,9H,3-4,6-8H2,(H2,22,26)(H2,23,27,29);1,4,7,11H,2-3,5-6,8-9,19H2,(H2,20,22)(H2,21,24);1,4,7,11H,2-3,5-6,8-9,18H2,(H2,19,22)/t13-,16+;13-;;2*11-/m01.11/s1. The Morgan fingerprint density at radius 1 is 0.461 bits per heavy atom. The molecule has 752 valence electrons. The molecule has 17 heterocycles. The molecule has 1 amide bonds. The van der Waals surface area contributed by atoms with Gasteiger partial charge in [-0.1, -0.05) is 112 Å². The fourth-order valence-corrected chi connectivity index (χ4v) is 24.6. The maximum Gasteiger partial charge on any atom is 0.434 e. The van der Waals surface area contributed by atoms with E-state index >= 15 is 0 Å². The van der Waals surface area contributed by atoms with E-state index < -0.39 is 29.0 Å². The molecule has 10 aromatic rings. The topological polar surface area (TPSA) is 576 Å². The van der Waals surface area contributed by atoms with Crippen molar-refractivity contribution in [2.75, 3.05) is 164 Å². The Hall–Kier alpha value is -10.2. The minimum absolute atomic E-state index is 0.0342. The second-order valence-electron chi connectivity index (χ2n) is 36.6. The number of anilines is 12. The predicted octanol–water partition coefficient (Wildman–Crippen LogP) is 12.4. The van der Waals surface area contributed by atoms with Gasteiger partial charge in [0.25, 0.3) is 0 Å². The van der Waals surface area contributed by atoms with E-state index in [4.69, 9.17) is 107 Å². The van der Waals surface area contributed by atoms with Crippen molar-refractivity contribution < 1.29 is 45.7 Å². The third-order valence-corrected chi connectivity index (χ3v) is 34.8. The molecule has 0 unspecified atom stereocenters. The van der Waals surface area contributed by atoms with Gasteiger partial charge in [-0.15, -0.1) is 5.10 Å². The number of alkyl halides is 6. The van der Waals surface area contributed by atoms with Gasteiger partial charge in [-0.05, 0) is 150 Å². The highest BCUT2D eigenvalue weighted by atomic mass is 35.5. The van der Waals surface area contributed by atoms with Gasteiger partial charge >= 0.3 is 12.4 Å². The molecule has 5 atom stereocenters. The van der Waals surface area contributed by atoms with Gasteiger partial charge in [-0.2, -0.15) is 31.4 Å². The quantitative estimate of drug-likeness (QED) is 0.0400. The summed E-state index contributed by atoms with van der Waals surface area (Å²) in [6.07, 6.45) is 19.7. The number of amidine groups is 1. The molecule has 8 aliphatic heterocycles. The van der Waals surface area contributed by atoms with Crippen LogP contribution < -0.4 is 92.9 Å². The van der Waals surface area contributed by atoms with E-state index in [2.05, 4.69) is 105 Å². The third kappa shape index (κ3) is 23.9. The molecular formula is C90H110Cl3F6N33O4S5. The number of carbonyl (C=O) groups is 1. The molecule has 141 heavy (non-hydrogen) atoms. The number of amides is 1. The van der Waals surface area contributed by atoms with Crippen molar-refractivity contribution in [2.24, 2.45) is 55.0 Å². The molecule has 0 bridgehead atoms. The number of carbonyl (C=O) groups excluding carboxylic acids is 1. The summed E-state index contributed by atoms with van der Waals surface area (Å²) in [5.41, 5.74) is 65.3. The van der Waals surface area contributed by atoms with Gasteiger partial charge in [0, 0.05) is 150 Å². The summed E-state index contributed by atoms with van der Waals surface area (Å²) in [6.45, 7) is 10.9. The predicted molar refractivity (Wildman–Crippen MR) is 536 cm³/mol. The first-order chi connectivity index (χ1) is 67.4. The first-order valence-electron chi connectivity index (χ1n) is 45.8. The molecule has 5 spiro atoms. The molecule has 24 N–H and O–H groups in total. The van der Waals surface area contributed by atoms with Crippen LogP contribution in [0.1, 0.15) is 114 Å². The number of halogens is 9. The second kappa shape index (κ2) is 44.2. The van der Waals surface area contributed by atoms with Crippen LogP contribution in [0.5, 0.6) is 0 Å². The molecular weight excluding hydrogens is 1990 g/mol. The zero-order chi connectivity index (χ0) is 99.9. The summed E-state index contributed by atoms with van der Waals surface area (Å²) < 4.78 is 90.4. The fraction of sp³-hybridized carbons (Fsp3) is 0.478. The summed E-state index contributed by atoms with van der Waals surface area (Å²) in [5.74, 6) is 5.69. The molecule has 51 heteroatoms. The lowest BCUT2D eigenvalue weighted by atomic mass is 9.74. The van der Waals surface area contributed by atoms with Crippen molar-refractivity contribution in [3.8, 4) is 0 Å². The maximum absolute atomic E-state index is 13.3. The van der Waals surface area contributed by atoms with Crippen molar-refractivity contribution in [3.63, 3.8) is 0 Å². The van der Waals surface area contributed by atoms with Crippen LogP contribution in [0, 0.1) is 27.1 Å². The van der Waals surface area contributed by atoms with Crippen LogP contribution in [-0.4, -0.2) is 221 Å². The smallest absolute Gasteiger partial charge is 0.393 e. The van der Waals surface area contributed by atoms with Crippen LogP contribution in [0.2, 0.25) is 15.2 Å².